The molecule has 1 aromatic carbocycles. The predicted octanol–water partition coefficient (Wildman–Crippen LogP) is 2.09. The average molecular weight is 277 g/mol. The molecule has 6 heteroatoms. The van der Waals surface area contributed by atoms with Crippen molar-refractivity contribution in [3.63, 3.8) is 0 Å². The van der Waals surface area contributed by atoms with Crippen molar-refractivity contribution in [3.8, 4) is 28.4 Å². The third kappa shape index (κ3) is 2.24. The maximum absolute atomic E-state index is 6.03. The number of benzene rings is 1. The minimum absolute atomic E-state index is 0.511. The highest BCUT2D eigenvalue weighted by Gasteiger charge is 2.20. The summed E-state index contributed by atoms with van der Waals surface area (Å²) in [5, 5.41) is 4.16. The van der Waals surface area contributed by atoms with Crippen LogP contribution in [0.15, 0.2) is 18.3 Å². The van der Waals surface area contributed by atoms with Gasteiger partial charge in [0.05, 0.1) is 27.0 Å². The van der Waals surface area contributed by atoms with E-state index in [0.717, 1.165) is 11.1 Å². The molecule has 0 bridgehead atoms. The lowest BCUT2D eigenvalue weighted by molar-refractivity contribution is 0.298. The standard InChI is InChI=1S/C14H19N3O3/c1-5-20-12-9(10-8-16-17(2)14(10)15)6-7-11(18-3)13(12)19-4/h6-8H,5,15H2,1-4H3. The molecule has 0 aliphatic heterocycles. The zero-order valence-corrected chi connectivity index (χ0v) is 12.1. The molecule has 0 amide bonds. The minimum Gasteiger partial charge on any atom is -0.493 e. The van der Waals surface area contributed by atoms with Gasteiger partial charge in [0.2, 0.25) is 5.75 Å². The van der Waals surface area contributed by atoms with Crippen molar-refractivity contribution >= 4 is 5.82 Å². The summed E-state index contributed by atoms with van der Waals surface area (Å²) in [5.41, 5.74) is 7.67. The van der Waals surface area contributed by atoms with Gasteiger partial charge >= 0.3 is 0 Å². The van der Waals surface area contributed by atoms with Crippen LogP contribution in [0.3, 0.4) is 0 Å². The Labute approximate surface area is 118 Å². The summed E-state index contributed by atoms with van der Waals surface area (Å²) < 4.78 is 18.0. The number of rotatable bonds is 5. The molecule has 108 valence electrons. The van der Waals surface area contributed by atoms with Gasteiger partial charge < -0.3 is 19.9 Å². The first-order chi connectivity index (χ1) is 9.63. The Balaban J connectivity index is 2.66. The fraction of sp³-hybridized carbons (Fsp3) is 0.357. The molecule has 0 aliphatic carbocycles. The van der Waals surface area contributed by atoms with Crippen LogP contribution < -0.4 is 19.9 Å². The summed E-state index contributed by atoms with van der Waals surface area (Å²) in [6.07, 6.45) is 1.71. The normalized spacial score (nSPS) is 10.4. The number of hydrogen-bond donors (Lipinski definition) is 1. The number of aromatic nitrogens is 2. The molecule has 1 heterocycles. The van der Waals surface area contributed by atoms with Crippen molar-refractivity contribution in [2.45, 2.75) is 6.92 Å². The van der Waals surface area contributed by atoms with Crippen LogP contribution in [0.25, 0.3) is 11.1 Å². The first kappa shape index (κ1) is 14.0. The number of methoxy groups -OCH3 is 2. The van der Waals surface area contributed by atoms with E-state index < -0.39 is 0 Å². The maximum atomic E-state index is 6.03. The molecule has 2 N–H and O–H groups in total. The molecule has 0 aliphatic rings. The zero-order chi connectivity index (χ0) is 14.7. The van der Waals surface area contributed by atoms with E-state index >= 15 is 0 Å². The van der Waals surface area contributed by atoms with E-state index in [4.69, 9.17) is 19.9 Å². The number of anilines is 1. The zero-order valence-electron chi connectivity index (χ0n) is 12.1. The van der Waals surface area contributed by atoms with E-state index in [9.17, 15) is 0 Å². The Morgan fingerprint density at radius 3 is 2.40 bits per heavy atom. The fourth-order valence-electron chi connectivity index (χ4n) is 2.05. The molecule has 0 radical (unpaired) electrons. The minimum atomic E-state index is 0.511. The number of nitrogens with two attached hydrogens (primary N) is 1. The van der Waals surface area contributed by atoms with Gasteiger partial charge in [0, 0.05) is 18.2 Å². The van der Waals surface area contributed by atoms with Crippen molar-refractivity contribution in [1.29, 1.82) is 0 Å². The highest BCUT2D eigenvalue weighted by atomic mass is 16.5. The van der Waals surface area contributed by atoms with Crippen LogP contribution in [-0.2, 0) is 7.05 Å². The van der Waals surface area contributed by atoms with E-state index in [2.05, 4.69) is 5.10 Å². The summed E-state index contributed by atoms with van der Waals surface area (Å²) in [6.45, 7) is 2.42. The van der Waals surface area contributed by atoms with E-state index in [0.29, 0.717) is 29.7 Å². The first-order valence-corrected chi connectivity index (χ1v) is 6.29. The van der Waals surface area contributed by atoms with E-state index in [-0.39, 0.29) is 0 Å². The molecular formula is C14H19N3O3. The molecule has 2 rings (SSSR count). The van der Waals surface area contributed by atoms with Crippen molar-refractivity contribution in [3.05, 3.63) is 18.3 Å². The van der Waals surface area contributed by atoms with Crippen molar-refractivity contribution in [2.24, 2.45) is 7.05 Å². The second kappa shape index (κ2) is 5.73. The van der Waals surface area contributed by atoms with Gasteiger partial charge in [-0.3, -0.25) is 4.68 Å². The third-order valence-corrected chi connectivity index (χ3v) is 3.06. The Hall–Kier alpha value is -2.37. The number of nitrogens with zero attached hydrogens (tertiary/aromatic N) is 2. The van der Waals surface area contributed by atoms with Crippen molar-refractivity contribution < 1.29 is 14.2 Å². The lowest BCUT2D eigenvalue weighted by Gasteiger charge is -2.16. The largest absolute Gasteiger partial charge is 0.493 e. The van der Waals surface area contributed by atoms with Crippen molar-refractivity contribution in [2.75, 3.05) is 26.6 Å². The van der Waals surface area contributed by atoms with Gasteiger partial charge in [-0.15, -0.1) is 0 Å². The summed E-state index contributed by atoms with van der Waals surface area (Å²) in [4.78, 5) is 0. The Bertz CT molecular complexity index is 608. The van der Waals surface area contributed by atoms with Gasteiger partial charge in [-0.25, -0.2) is 0 Å². The third-order valence-electron chi connectivity index (χ3n) is 3.06. The number of ether oxygens (including phenoxy) is 3. The second-order valence-corrected chi connectivity index (χ2v) is 4.18. The van der Waals surface area contributed by atoms with Crippen LogP contribution in [0.4, 0.5) is 5.82 Å². The van der Waals surface area contributed by atoms with E-state index in [1.807, 2.05) is 19.1 Å². The molecule has 20 heavy (non-hydrogen) atoms. The van der Waals surface area contributed by atoms with Gasteiger partial charge in [-0.05, 0) is 19.1 Å². The van der Waals surface area contributed by atoms with E-state index in [1.165, 1.54) is 0 Å². The molecule has 0 saturated heterocycles. The number of aryl methyl sites for hydroxylation is 1. The second-order valence-electron chi connectivity index (χ2n) is 4.18. The van der Waals surface area contributed by atoms with Crippen molar-refractivity contribution in [1.82, 2.24) is 9.78 Å². The molecule has 0 saturated carbocycles. The van der Waals surface area contributed by atoms with Crippen LogP contribution in [0.1, 0.15) is 6.92 Å². The Morgan fingerprint density at radius 2 is 1.90 bits per heavy atom. The quantitative estimate of drug-likeness (QED) is 0.906. The van der Waals surface area contributed by atoms with Gasteiger partial charge in [-0.1, -0.05) is 0 Å². The van der Waals surface area contributed by atoms with Gasteiger partial charge in [0.1, 0.15) is 5.82 Å². The molecule has 0 spiro atoms. The van der Waals surface area contributed by atoms with Crippen LogP contribution in [-0.4, -0.2) is 30.6 Å². The molecule has 6 nitrogen and oxygen atoms in total. The predicted molar refractivity (Wildman–Crippen MR) is 77.3 cm³/mol. The highest BCUT2D eigenvalue weighted by molar-refractivity contribution is 5.82. The Morgan fingerprint density at radius 1 is 1.15 bits per heavy atom. The first-order valence-electron chi connectivity index (χ1n) is 6.29. The SMILES string of the molecule is CCOc1c(-c2cnn(C)c2N)ccc(OC)c1OC. The maximum Gasteiger partial charge on any atom is 0.203 e. The molecular weight excluding hydrogens is 258 g/mol. The van der Waals surface area contributed by atoms with Gasteiger partial charge in [-0.2, -0.15) is 5.10 Å². The summed E-state index contributed by atoms with van der Waals surface area (Å²) >= 11 is 0. The smallest absolute Gasteiger partial charge is 0.203 e. The lowest BCUT2D eigenvalue weighted by Crippen LogP contribution is -2.02. The molecule has 1 aromatic heterocycles. The topological polar surface area (TPSA) is 71.5 Å². The lowest BCUT2D eigenvalue weighted by atomic mass is 10.1. The van der Waals surface area contributed by atoms with E-state index in [1.54, 1.807) is 32.1 Å². The summed E-state index contributed by atoms with van der Waals surface area (Å²) in [7, 11) is 4.96. The number of hydrogen-bond acceptors (Lipinski definition) is 5. The average Bonchev–Trinajstić information content (AvgIpc) is 2.79. The highest BCUT2D eigenvalue weighted by Crippen LogP contribution is 2.45. The molecule has 0 atom stereocenters. The summed E-state index contributed by atoms with van der Waals surface area (Å²) in [5.74, 6) is 2.34. The van der Waals surface area contributed by atoms with Crippen LogP contribution >= 0.6 is 0 Å². The van der Waals surface area contributed by atoms with Gasteiger partial charge in [0.15, 0.2) is 11.5 Å². The van der Waals surface area contributed by atoms with Crippen LogP contribution in [0, 0.1) is 0 Å². The Kier molecular flexibility index (Phi) is 4.02. The number of nitrogen functional groups attached to an aromatic ring is 1. The molecule has 2 aromatic rings. The molecule has 0 unspecified atom stereocenters. The molecule has 0 fully saturated rings. The monoisotopic (exact) mass is 277 g/mol. The fourth-order valence-corrected chi connectivity index (χ4v) is 2.05. The van der Waals surface area contributed by atoms with Crippen LogP contribution in [0.5, 0.6) is 17.2 Å². The van der Waals surface area contributed by atoms with Gasteiger partial charge in [0.25, 0.3) is 0 Å². The summed E-state index contributed by atoms with van der Waals surface area (Å²) in [6, 6.07) is 3.71. The van der Waals surface area contributed by atoms with Crippen LogP contribution in [0.2, 0.25) is 0 Å².